The lowest BCUT2D eigenvalue weighted by atomic mass is 10.0. The van der Waals surface area contributed by atoms with Gasteiger partial charge in [-0.05, 0) is 37.3 Å². The highest BCUT2D eigenvalue weighted by molar-refractivity contribution is 6.14. The number of nitrogens with zero attached hydrogens (tertiary/aromatic N) is 1. The minimum Gasteiger partial charge on any atom is -0.486 e. The number of nitrogens with one attached hydrogen (secondary N) is 2. The summed E-state index contributed by atoms with van der Waals surface area (Å²) in [6.45, 7) is 6.49. The maximum Gasteiger partial charge on any atom is 0.256 e. The summed E-state index contributed by atoms with van der Waals surface area (Å²) < 4.78 is 11.1. The SMILES string of the molecule is Cc1ccc2c(C(=O)Nc3ccc4c(c3)OCCO4)cc(NC(=O)C(C)C)cc2n1. The number of benzene rings is 2. The van der Waals surface area contributed by atoms with Gasteiger partial charge in [-0.25, -0.2) is 0 Å². The summed E-state index contributed by atoms with van der Waals surface area (Å²) in [5.41, 5.74) is 3.02. The summed E-state index contributed by atoms with van der Waals surface area (Å²) in [6, 6.07) is 12.4. The topological polar surface area (TPSA) is 89.5 Å². The molecule has 0 fully saturated rings. The van der Waals surface area contributed by atoms with E-state index in [1.165, 1.54) is 0 Å². The molecule has 0 saturated carbocycles. The molecular weight excluding hydrogens is 382 g/mol. The van der Waals surface area contributed by atoms with E-state index in [0.717, 1.165) is 5.69 Å². The standard InChI is InChI=1S/C23H23N3O4/c1-13(2)22(27)26-16-10-18(17-6-4-14(3)24-19(17)11-16)23(28)25-15-5-7-20-21(12-15)30-9-8-29-20/h4-7,10-13H,8-9H2,1-3H3,(H,25,28)(H,26,27). The van der Waals surface area contributed by atoms with Gasteiger partial charge < -0.3 is 20.1 Å². The van der Waals surface area contributed by atoms with Crippen molar-refractivity contribution in [3.63, 3.8) is 0 Å². The van der Waals surface area contributed by atoms with Crippen molar-refractivity contribution in [3.8, 4) is 11.5 Å². The first kappa shape index (κ1) is 19.7. The molecule has 2 amide bonds. The van der Waals surface area contributed by atoms with Crippen molar-refractivity contribution in [2.75, 3.05) is 23.8 Å². The van der Waals surface area contributed by atoms with Crippen molar-refractivity contribution < 1.29 is 19.1 Å². The second-order valence-corrected chi connectivity index (χ2v) is 7.50. The minimum absolute atomic E-state index is 0.125. The van der Waals surface area contributed by atoms with E-state index in [4.69, 9.17) is 9.47 Å². The number of carbonyl (C=O) groups is 2. The number of anilines is 2. The number of aryl methyl sites for hydroxylation is 1. The third-order valence-corrected chi connectivity index (χ3v) is 4.78. The highest BCUT2D eigenvalue weighted by atomic mass is 16.6. The van der Waals surface area contributed by atoms with Crippen LogP contribution in [-0.2, 0) is 4.79 Å². The first-order valence-electron chi connectivity index (χ1n) is 9.84. The van der Waals surface area contributed by atoms with Gasteiger partial charge in [0.2, 0.25) is 5.91 Å². The maximum atomic E-state index is 13.1. The van der Waals surface area contributed by atoms with E-state index in [2.05, 4.69) is 15.6 Å². The Morgan fingerprint density at radius 3 is 2.47 bits per heavy atom. The number of hydrogen-bond donors (Lipinski definition) is 2. The van der Waals surface area contributed by atoms with Crippen molar-refractivity contribution in [3.05, 3.63) is 53.7 Å². The van der Waals surface area contributed by atoms with Crippen LogP contribution in [0.1, 0.15) is 29.9 Å². The van der Waals surface area contributed by atoms with E-state index in [0.29, 0.717) is 52.6 Å². The minimum atomic E-state index is -0.303. The fraction of sp³-hybridized carbons (Fsp3) is 0.261. The molecule has 154 valence electrons. The molecule has 30 heavy (non-hydrogen) atoms. The van der Waals surface area contributed by atoms with Gasteiger partial charge in [0.15, 0.2) is 11.5 Å². The number of rotatable bonds is 4. The lowest BCUT2D eigenvalue weighted by Crippen LogP contribution is -2.19. The Bertz CT molecular complexity index is 1140. The molecule has 0 unspecified atom stereocenters. The molecule has 0 bridgehead atoms. The molecule has 2 heterocycles. The zero-order valence-corrected chi connectivity index (χ0v) is 17.1. The monoisotopic (exact) mass is 405 g/mol. The van der Waals surface area contributed by atoms with Crippen molar-refractivity contribution >= 4 is 34.1 Å². The smallest absolute Gasteiger partial charge is 0.256 e. The Balaban J connectivity index is 1.69. The van der Waals surface area contributed by atoms with Gasteiger partial charge in [0.05, 0.1) is 11.1 Å². The zero-order valence-electron chi connectivity index (χ0n) is 17.1. The number of aromatic nitrogens is 1. The van der Waals surface area contributed by atoms with Crippen LogP contribution in [0.2, 0.25) is 0 Å². The molecule has 0 atom stereocenters. The number of carbonyl (C=O) groups excluding carboxylic acids is 2. The first-order valence-corrected chi connectivity index (χ1v) is 9.84. The van der Waals surface area contributed by atoms with Crippen molar-refractivity contribution in [1.29, 1.82) is 0 Å². The molecule has 7 nitrogen and oxygen atoms in total. The number of hydrogen-bond acceptors (Lipinski definition) is 5. The van der Waals surface area contributed by atoms with Crippen LogP contribution in [0.25, 0.3) is 10.9 Å². The summed E-state index contributed by atoms with van der Waals surface area (Å²) in [5.74, 6) is 0.645. The Morgan fingerprint density at radius 1 is 0.933 bits per heavy atom. The van der Waals surface area contributed by atoms with Crippen LogP contribution in [0, 0.1) is 12.8 Å². The molecule has 2 N–H and O–H groups in total. The molecule has 0 radical (unpaired) electrons. The van der Waals surface area contributed by atoms with Crippen molar-refractivity contribution in [2.45, 2.75) is 20.8 Å². The second kappa shape index (κ2) is 8.02. The Kier molecular flexibility index (Phi) is 5.27. The van der Waals surface area contributed by atoms with E-state index < -0.39 is 0 Å². The highest BCUT2D eigenvalue weighted by Crippen LogP contribution is 2.33. The fourth-order valence-electron chi connectivity index (χ4n) is 3.20. The quantitative estimate of drug-likeness (QED) is 0.680. The maximum absolute atomic E-state index is 13.1. The van der Waals surface area contributed by atoms with Gasteiger partial charge in [0.1, 0.15) is 13.2 Å². The van der Waals surface area contributed by atoms with Crippen LogP contribution in [0.3, 0.4) is 0 Å². The molecule has 3 aromatic rings. The summed E-state index contributed by atoms with van der Waals surface area (Å²) in [5, 5.41) is 6.47. The number of fused-ring (bicyclic) bond motifs is 2. The molecule has 1 aliphatic heterocycles. The Morgan fingerprint density at radius 2 is 1.70 bits per heavy atom. The van der Waals surface area contributed by atoms with Gasteiger partial charge in [-0.3, -0.25) is 14.6 Å². The first-order chi connectivity index (χ1) is 14.4. The normalized spacial score (nSPS) is 12.7. The van der Waals surface area contributed by atoms with Gasteiger partial charge in [0, 0.05) is 34.4 Å². The number of pyridine rings is 1. The molecule has 1 aliphatic rings. The second-order valence-electron chi connectivity index (χ2n) is 7.50. The number of ether oxygens (including phenoxy) is 2. The molecular formula is C23H23N3O4. The number of amides is 2. The van der Waals surface area contributed by atoms with Crippen LogP contribution >= 0.6 is 0 Å². The van der Waals surface area contributed by atoms with Crippen LogP contribution in [-0.4, -0.2) is 30.0 Å². The lowest BCUT2D eigenvalue weighted by molar-refractivity contribution is -0.118. The molecule has 0 saturated heterocycles. The van der Waals surface area contributed by atoms with E-state index in [9.17, 15) is 9.59 Å². The fourth-order valence-corrected chi connectivity index (χ4v) is 3.20. The molecule has 2 aromatic carbocycles. The van der Waals surface area contributed by atoms with Crippen LogP contribution < -0.4 is 20.1 Å². The van der Waals surface area contributed by atoms with E-state index >= 15 is 0 Å². The Hall–Kier alpha value is -3.61. The third-order valence-electron chi connectivity index (χ3n) is 4.78. The van der Waals surface area contributed by atoms with Crippen LogP contribution in [0.5, 0.6) is 11.5 Å². The molecule has 4 rings (SSSR count). The Labute approximate surface area is 174 Å². The summed E-state index contributed by atoms with van der Waals surface area (Å²) in [4.78, 5) is 29.8. The van der Waals surface area contributed by atoms with E-state index in [-0.39, 0.29) is 17.7 Å². The van der Waals surface area contributed by atoms with Crippen molar-refractivity contribution in [2.24, 2.45) is 5.92 Å². The summed E-state index contributed by atoms with van der Waals surface area (Å²) in [7, 11) is 0. The molecule has 0 aliphatic carbocycles. The predicted octanol–water partition coefficient (Wildman–Crippen LogP) is 4.16. The predicted molar refractivity (Wildman–Crippen MR) is 115 cm³/mol. The molecule has 7 heteroatoms. The molecule has 0 spiro atoms. The van der Waals surface area contributed by atoms with Gasteiger partial charge >= 0.3 is 0 Å². The summed E-state index contributed by atoms with van der Waals surface area (Å²) >= 11 is 0. The summed E-state index contributed by atoms with van der Waals surface area (Å²) in [6.07, 6.45) is 0. The van der Waals surface area contributed by atoms with Crippen molar-refractivity contribution in [1.82, 2.24) is 4.98 Å². The molecule has 1 aromatic heterocycles. The van der Waals surface area contributed by atoms with Gasteiger partial charge in [-0.15, -0.1) is 0 Å². The lowest BCUT2D eigenvalue weighted by Gasteiger charge is -2.19. The van der Waals surface area contributed by atoms with E-state index in [1.54, 1.807) is 30.3 Å². The van der Waals surface area contributed by atoms with Crippen LogP contribution in [0.15, 0.2) is 42.5 Å². The average molecular weight is 405 g/mol. The van der Waals surface area contributed by atoms with Gasteiger partial charge in [-0.2, -0.15) is 0 Å². The largest absolute Gasteiger partial charge is 0.486 e. The highest BCUT2D eigenvalue weighted by Gasteiger charge is 2.17. The third kappa shape index (κ3) is 4.05. The van der Waals surface area contributed by atoms with E-state index in [1.807, 2.05) is 32.9 Å². The van der Waals surface area contributed by atoms with Gasteiger partial charge in [-0.1, -0.05) is 19.9 Å². The van der Waals surface area contributed by atoms with Crippen LogP contribution in [0.4, 0.5) is 11.4 Å². The average Bonchev–Trinajstić information content (AvgIpc) is 2.72. The zero-order chi connectivity index (χ0) is 21.3. The van der Waals surface area contributed by atoms with Gasteiger partial charge in [0.25, 0.3) is 5.91 Å².